The third-order valence-electron chi connectivity index (χ3n) is 13.3. The van der Waals surface area contributed by atoms with Crippen molar-refractivity contribution >= 4 is 17.1 Å². The van der Waals surface area contributed by atoms with Gasteiger partial charge in [-0.05, 0) is 139 Å². The van der Waals surface area contributed by atoms with Crippen LogP contribution in [0.25, 0.3) is 33.4 Å². The molecule has 1 spiro atoms. The Balaban J connectivity index is 1.37. The van der Waals surface area contributed by atoms with Gasteiger partial charge >= 0.3 is 0 Å². The van der Waals surface area contributed by atoms with Crippen LogP contribution < -0.4 is 4.90 Å². The number of fused-ring (bicyclic) bond motifs is 11. The van der Waals surface area contributed by atoms with E-state index >= 15 is 0 Å². The van der Waals surface area contributed by atoms with Crippen molar-refractivity contribution in [3.05, 3.63) is 197 Å². The highest BCUT2D eigenvalue weighted by Crippen LogP contribution is 2.64. The van der Waals surface area contributed by atoms with E-state index in [0.29, 0.717) is 5.92 Å². The molecule has 0 bridgehead atoms. The first-order valence-corrected chi connectivity index (χ1v) is 20.2. The maximum Gasteiger partial charge on any atom is 0.0726 e. The van der Waals surface area contributed by atoms with E-state index in [9.17, 15) is 0 Å². The standard InChI is InChI=1S/C54H49N/c1-35(2)41-32-49-50(53(5,6)30-29-52(49,3)4)33-42(41)44-31-43-40-25-15-18-28-47(40)54(45-26-16-13-23-38(45)39-24-14-17-27-46(39)54)48(43)34-51(44)55(36-19-9-7-10-20-36)37-21-11-8-12-22-37/h7-28,31-35H,29-30H2,1-6H3. The predicted octanol–water partition coefficient (Wildman–Crippen LogP) is 14.6. The average Bonchev–Trinajstić information content (AvgIpc) is 3.67. The molecule has 0 saturated heterocycles. The number of hydrogen-bond donors (Lipinski definition) is 0. The van der Waals surface area contributed by atoms with Gasteiger partial charge in [0, 0.05) is 16.9 Å². The highest BCUT2D eigenvalue weighted by atomic mass is 15.1. The number of para-hydroxylation sites is 2. The van der Waals surface area contributed by atoms with Crippen molar-refractivity contribution in [2.24, 2.45) is 0 Å². The molecule has 0 amide bonds. The average molecular weight is 712 g/mol. The van der Waals surface area contributed by atoms with E-state index in [1.807, 2.05) is 0 Å². The van der Waals surface area contributed by atoms with Crippen LogP contribution in [0.3, 0.4) is 0 Å². The third-order valence-corrected chi connectivity index (χ3v) is 13.3. The molecule has 55 heavy (non-hydrogen) atoms. The van der Waals surface area contributed by atoms with Crippen LogP contribution in [0, 0.1) is 0 Å². The molecule has 1 nitrogen and oxygen atoms in total. The summed E-state index contributed by atoms with van der Waals surface area (Å²) in [6.07, 6.45) is 2.38. The molecule has 0 unspecified atom stereocenters. The molecule has 0 N–H and O–H groups in total. The van der Waals surface area contributed by atoms with Crippen molar-refractivity contribution in [3.8, 4) is 33.4 Å². The molecule has 0 atom stereocenters. The summed E-state index contributed by atoms with van der Waals surface area (Å²) in [5.74, 6) is 0.344. The summed E-state index contributed by atoms with van der Waals surface area (Å²) >= 11 is 0. The molecule has 1 heteroatoms. The first kappa shape index (κ1) is 33.9. The Morgan fingerprint density at radius 3 is 1.33 bits per heavy atom. The zero-order chi connectivity index (χ0) is 37.7. The maximum absolute atomic E-state index is 2.61. The summed E-state index contributed by atoms with van der Waals surface area (Å²) in [6, 6.07) is 59.8. The van der Waals surface area contributed by atoms with Crippen molar-refractivity contribution < 1.29 is 0 Å². The lowest BCUT2D eigenvalue weighted by Crippen LogP contribution is -2.34. The molecule has 3 aliphatic carbocycles. The first-order valence-electron chi connectivity index (χ1n) is 20.2. The monoisotopic (exact) mass is 711 g/mol. The van der Waals surface area contributed by atoms with Gasteiger partial charge in [0.25, 0.3) is 0 Å². The predicted molar refractivity (Wildman–Crippen MR) is 232 cm³/mol. The van der Waals surface area contributed by atoms with Crippen LogP contribution in [0.2, 0.25) is 0 Å². The largest absolute Gasteiger partial charge is 0.310 e. The van der Waals surface area contributed by atoms with Gasteiger partial charge in [-0.1, -0.05) is 157 Å². The summed E-state index contributed by atoms with van der Waals surface area (Å²) < 4.78 is 0. The van der Waals surface area contributed by atoms with Gasteiger partial charge < -0.3 is 4.90 Å². The zero-order valence-corrected chi connectivity index (χ0v) is 32.9. The van der Waals surface area contributed by atoms with E-state index < -0.39 is 5.41 Å². The van der Waals surface area contributed by atoms with E-state index in [1.54, 1.807) is 0 Å². The molecular weight excluding hydrogens is 663 g/mol. The third kappa shape index (κ3) is 4.85. The fraction of sp³-hybridized carbons (Fsp3) is 0.222. The van der Waals surface area contributed by atoms with Crippen LogP contribution in [0.1, 0.15) is 99.2 Å². The Hall–Kier alpha value is -5.66. The van der Waals surface area contributed by atoms with Gasteiger partial charge in [-0.15, -0.1) is 0 Å². The first-order chi connectivity index (χ1) is 26.6. The smallest absolute Gasteiger partial charge is 0.0726 e. The Kier molecular flexibility index (Phi) is 7.50. The van der Waals surface area contributed by atoms with Crippen LogP contribution in [0.4, 0.5) is 17.1 Å². The fourth-order valence-corrected chi connectivity index (χ4v) is 10.5. The molecule has 7 aromatic rings. The van der Waals surface area contributed by atoms with Gasteiger partial charge in [0.1, 0.15) is 0 Å². The highest BCUT2D eigenvalue weighted by molar-refractivity contribution is 6.00. The second-order valence-electron chi connectivity index (χ2n) is 17.7. The van der Waals surface area contributed by atoms with Gasteiger partial charge in [-0.2, -0.15) is 0 Å². The second-order valence-corrected chi connectivity index (χ2v) is 17.7. The number of hydrogen-bond acceptors (Lipinski definition) is 1. The maximum atomic E-state index is 2.61. The summed E-state index contributed by atoms with van der Waals surface area (Å²) in [6.45, 7) is 14.6. The number of anilines is 3. The summed E-state index contributed by atoms with van der Waals surface area (Å²) in [5.41, 5.74) is 21.1. The summed E-state index contributed by atoms with van der Waals surface area (Å²) in [4.78, 5) is 2.51. The topological polar surface area (TPSA) is 3.24 Å². The normalized spacial score (nSPS) is 16.3. The van der Waals surface area contributed by atoms with Crippen LogP contribution in [-0.2, 0) is 16.2 Å². The summed E-state index contributed by atoms with van der Waals surface area (Å²) in [7, 11) is 0. The molecule has 3 aliphatic rings. The van der Waals surface area contributed by atoms with Crippen LogP contribution in [-0.4, -0.2) is 0 Å². The van der Waals surface area contributed by atoms with E-state index in [2.05, 4.69) is 204 Å². The lowest BCUT2D eigenvalue weighted by molar-refractivity contribution is 0.331. The van der Waals surface area contributed by atoms with Crippen LogP contribution in [0.15, 0.2) is 158 Å². The Morgan fingerprint density at radius 1 is 0.400 bits per heavy atom. The Morgan fingerprint density at radius 2 is 0.836 bits per heavy atom. The molecular formula is C54H49N. The van der Waals surface area contributed by atoms with Crippen molar-refractivity contribution in [2.45, 2.75) is 76.5 Å². The molecule has 0 heterocycles. The van der Waals surface area contributed by atoms with Crippen molar-refractivity contribution in [2.75, 3.05) is 4.90 Å². The van der Waals surface area contributed by atoms with Crippen molar-refractivity contribution in [3.63, 3.8) is 0 Å². The number of nitrogens with zero attached hydrogens (tertiary/aromatic N) is 1. The number of benzene rings is 7. The molecule has 10 rings (SSSR count). The molecule has 0 fully saturated rings. The van der Waals surface area contributed by atoms with E-state index in [0.717, 1.165) is 11.4 Å². The van der Waals surface area contributed by atoms with Gasteiger partial charge in [0.15, 0.2) is 0 Å². The van der Waals surface area contributed by atoms with Crippen LogP contribution >= 0.6 is 0 Å². The molecule has 270 valence electrons. The van der Waals surface area contributed by atoms with E-state index in [4.69, 9.17) is 0 Å². The van der Waals surface area contributed by atoms with E-state index in [-0.39, 0.29) is 10.8 Å². The Labute approximate surface area is 327 Å². The minimum Gasteiger partial charge on any atom is -0.310 e. The van der Waals surface area contributed by atoms with Gasteiger partial charge in [0.2, 0.25) is 0 Å². The lowest BCUT2D eigenvalue weighted by atomic mass is 9.62. The molecule has 7 aromatic carbocycles. The van der Waals surface area contributed by atoms with Gasteiger partial charge in [-0.25, -0.2) is 0 Å². The molecule has 0 saturated carbocycles. The second kappa shape index (κ2) is 12.2. The fourth-order valence-electron chi connectivity index (χ4n) is 10.5. The highest BCUT2D eigenvalue weighted by Gasteiger charge is 2.52. The molecule has 0 radical (unpaired) electrons. The minimum absolute atomic E-state index is 0.0818. The van der Waals surface area contributed by atoms with Crippen molar-refractivity contribution in [1.29, 1.82) is 0 Å². The van der Waals surface area contributed by atoms with Crippen molar-refractivity contribution in [1.82, 2.24) is 0 Å². The molecule has 0 aliphatic heterocycles. The quantitative estimate of drug-likeness (QED) is 0.172. The SMILES string of the molecule is CC(C)c1cc2c(cc1-c1cc3c(cc1N(c1ccccc1)c1ccccc1)C1(c4ccccc4-c4ccccc41)c1ccccc1-3)C(C)(C)CCC2(C)C. The van der Waals surface area contributed by atoms with Crippen LogP contribution in [0.5, 0.6) is 0 Å². The summed E-state index contributed by atoms with van der Waals surface area (Å²) in [5, 5.41) is 0. The van der Waals surface area contributed by atoms with Gasteiger partial charge in [0.05, 0.1) is 11.1 Å². The number of rotatable bonds is 5. The molecule has 0 aromatic heterocycles. The Bertz CT molecular complexity index is 2540. The van der Waals surface area contributed by atoms with E-state index in [1.165, 1.54) is 90.9 Å². The zero-order valence-electron chi connectivity index (χ0n) is 32.9. The minimum atomic E-state index is -0.436. The van der Waals surface area contributed by atoms with Gasteiger partial charge in [-0.3, -0.25) is 0 Å². The lowest BCUT2D eigenvalue weighted by Gasteiger charge is -2.43.